The van der Waals surface area contributed by atoms with Crippen molar-refractivity contribution in [2.45, 2.75) is 66.8 Å². The lowest BCUT2D eigenvalue weighted by atomic mass is 9.84. The monoisotopic (exact) mass is 493 g/mol. The molecule has 2 aromatic rings. The van der Waals surface area contributed by atoms with Gasteiger partial charge in [-0.25, -0.2) is 0 Å². The fourth-order valence-corrected chi connectivity index (χ4v) is 5.03. The van der Waals surface area contributed by atoms with E-state index in [2.05, 4.69) is 67.5 Å². The van der Waals surface area contributed by atoms with Crippen molar-refractivity contribution in [3.63, 3.8) is 0 Å². The zero-order valence-corrected chi connectivity index (χ0v) is 22.7. The number of anilines is 2. The summed E-state index contributed by atoms with van der Waals surface area (Å²) < 4.78 is 5.39. The predicted octanol–water partition coefficient (Wildman–Crippen LogP) is 5.81. The van der Waals surface area contributed by atoms with Crippen LogP contribution in [-0.2, 0) is 22.5 Å². The van der Waals surface area contributed by atoms with Crippen LogP contribution in [0.25, 0.3) is 0 Å². The molecule has 0 bridgehead atoms. The Morgan fingerprint density at radius 1 is 1.11 bits per heavy atom. The highest BCUT2D eigenvalue weighted by atomic mass is 16.5. The standard InChI is InChI=1S/C30H43N3O3/c1-6-36-17-9-15-31-29(35)26-19-25(32-28(34)18-22(2)20-30(3,4)5)12-13-27(26)33-16-14-23-10-7-8-11-24(23)21-33/h7-8,10-13,19,22H,6,9,14-18,20-21H2,1-5H3,(H,31,35)(H,32,34). The highest BCUT2D eigenvalue weighted by Gasteiger charge is 2.23. The number of benzene rings is 2. The van der Waals surface area contributed by atoms with E-state index in [4.69, 9.17) is 4.74 Å². The Balaban J connectivity index is 1.76. The third kappa shape index (κ3) is 8.37. The van der Waals surface area contributed by atoms with Gasteiger partial charge in [-0.2, -0.15) is 0 Å². The van der Waals surface area contributed by atoms with Gasteiger partial charge in [-0.05, 0) is 66.8 Å². The van der Waals surface area contributed by atoms with E-state index < -0.39 is 0 Å². The van der Waals surface area contributed by atoms with Crippen LogP contribution in [0.2, 0.25) is 0 Å². The van der Waals surface area contributed by atoms with Gasteiger partial charge < -0.3 is 20.3 Å². The van der Waals surface area contributed by atoms with Crippen molar-refractivity contribution in [3.8, 4) is 0 Å². The second kappa shape index (κ2) is 12.9. The van der Waals surface area contributed by atoms with Crippen molar-refractivity contribution in [2.24, 2.45) is 11.3 Å². The summed E-state index contributed by atoms with van der Waals surface area (Å²) in [5, 5.41) is 6.06. The van der Waals surface area contributed by atoms with Crippen LogP contribution in [-0.4, -0.2) is 38.1 Å². The van der Waals surface area contributed by atoms with E-state index in [1.54, 1.807) is 0 Å². The number of fused-ring (bicyclic) bond motifs is 1. The minimum atomic E-state index is -0.127. The second-order valence-electron chi connectivity index (χ2n) is 11.1. The Labute approximate surface area is 216 Å². The Morgan fingerprint density at radius 2 is 1.86 bits per heavy atom. The molecule has 0 aromatic heterocycles. The summed E-state index contributed by atoms with van der Waals surface area (Å²) >= 11 is 0. The number of rotatable bonds is 11. The summed E-state index contributed by atoms with van der Waals surface area (Å²) in [6.07, 6.45) is 3.13. The molecule has 0 fully saturated rings. The summed E-state index contributed by atoms with van der Waals surface area (Å²) in [6.45, 7) is 14.1. The molecule has 1 atom stereocenters. The zero-order chi connectivity index (χ0) is 26.1. The molecule has 0 aliphatic carbocycles. The first-order chi connectivity index (χ1) is 17.2. The van der Waals surface area contributed by atoms with E-state index in [-0.39, 0.29) is 23.1 Å². The summed E-state index contributed by atoms with van der Waals surface area (Å²) in [4.78, 5) is 28.3. The third-order valence-electron chi connectivity index (χ3n) is 6.45. The van der Waals surface area contributed by atoms with Gasteiger partial charge in [-0.3, -0.25) is 9.59 Å². The minimum Gasteiger partial charge on any atom is -0.382 e. The Morgan fingerprint density at radius 3 is 2.58 bits per heavy atom. The summed E-state index contributed by atoms with van der Waals surface area (Å²) in [5.74, 6) is 0.137. The first kappa shape index (κ1) is 27.7. The van der Waals surface area contributed by atoms with Gasteiger partial charge in [0.1, 0.15) is 0 Å². The molecule has 1 aliphatic heterocycles. The van der Waals surface area contributed by atoms with Gasteiger partial charge in [0, 0.05) is 50.6 Å². The van der Waals surface area contributed by atoms with Gasteiger partial charge in [0.2, 0.25) is 5.91 Å². The summed E-state index contributed by atoms with van der Waals surface area (Å²) in [5.41, 5.74) is 4.98. The van der Waals surface area contributed by atoms with Gasteiger partial charge in [0.05, 0.1) is 5.56 Å². The fourth-order valence-electron chi connectivity index (χ4n) is 5.03. The van der Waals surface area contributed by atoms with Crippen molar-refractivity contribution in [3.05, 3.63) is 59.2 Å². The number of ether oxygens (including phenoxy) is 1. The molecule has 6 nitrogen and oxygen atoms in total. The van der Waals surface area contributed by atoms with Crippen molar-refractivity contribution in [1.29, 1.82) is 0 Å². The van der Waals surface area contributed by atoms with Gasteiger partial charge in [0.25, 0.3) is 5.91 Å². The van der Waals surface area contributed by atoms with Crippen LogP contribution in [0.3, 0.4) is 0 Å². The number of nitrogens with zero attached hydrogens (tertiary/aromatic N) is 1. The lowest BCUT2D eigenvalue weighted by molar-refractivity contribution is -0.117. The Hall–Kier alpha value is -2.86. The molecule has 2 amide bonds. The highest BCUT2D eigenvalue weighted by molar-refractivity contribution is 6.02. The third-order valence-corrected chi connectivity index (χ3v) is 6.45. The largest absolute Gasteiger partial charge is 0.382 e. The molecule has 0 saturated heterocycles. The minimum absolute atomic E-state index is 0.0190. The van der Waals surface area contributed by atoms with E-state index in [0.717, 1.165) is 38.0 Å². The first-order valence-electron chi connectivity index (χ1n) is 13.3. The van der Waals surface area contributed by atoms with Crippen molar-refractivity contribution in [2.75, 3.05) is 36.5 Å². The van der Waals surface area contributed by atoms with Gasteiger partial charge >= 0.3 is 0 Å². The average Bonchev–Trinajstić information content (AvgIpc) is 2.82. The van der Waals surface area contributed by atoms with E-state index in [1.165, 1.54) is 11.1 Å². The predicted molar refractivity (Wildman–Crippen MR) is 148 cm³/mol. The Kier molecular flexibility index (Phi) is 9.94. The van der Waals surface area contributed by atoms with Crippen molar-refractivity contribution in [1.82, 2.24) is 5.32 Å². The van der Waals surface area contributed by atoms with E-state index in [1.807, 2.05) is 25.1 Å². The molecular formula is C30H43N3O3. The quantitative estimate of drug-likeness (QED) is 0.388. The number of hydrogen-bond acceptors (Lipinski definition) is 4. The fraction of sp³-hybridized carbons (Fsp3) is 0.533. The number of carbonyl (C=O) groups excluding carboxylic acids is 2. The van der Waals surface area contributed by atoms with E-state index >= 15 is 0 Å². The van der Waals surface area contributed by atoms with Crippen LogP contribution in [0.4, 0.5) is 11.4 Å². The number of carbonyl (C=O) groups is 2. The molecule has 1 aliphatic rings. The SMILES string of the molecule is CCOCCCNC(=O)c1cc(NC(=O)CC(C)CC(C)(C)C)ccc1N1CCc2ccccc2C1. The number of hydrogen-bond donors (Lipinski definition) is 2. The van der Waals surface area contributed by atoms with Gasteiger partial charge in [-0.15, -0.1) is 0 Å². The average molecular weight is 494 g/mol. The van der Waals surface area contributed by atoms with Crippen LogP contribution in [0.5, 0.6) is 0 Å². The molecular weight excluding hydrogens is 450 g/mol. The second-order valence-corrected chi connectivity index (χ2v) is 11.1. The van der Waals surface area contributed by atoms with Crippen molar-refractivity contribution < 1.29 is 14.3 Å². The molecule has 0 spiro atoms. The molecule has 0 radical (unpaired) electrons. The Bertz CT molecular complexity index is 1030. The molecule has 3 rings (SSSR count). The van der Waals surface area contributed by atoms with Crippen LogP contribution in [0, 0.1) is 11.3 Å². The molecule has 196 valence electrons. The smallest absolute Gasteiger partial charge is 0.253 e. The number of amides is 2. The topological polar surface area (TPSA) is 70.7 Å². The maximum absolute atomic E-state index is 13.3. The lowest BCUT2D eigenvalue weighted by Gasteiger charge is -2.32. The van der Waals surface area contributed by atoms with Crippen LogP contribution < -0.4 is 15.5 Å². The van der Waals surface area contributed by atoms with Gasteiger partial charge in [0.15, 0.2) is 0 Å². The first-order valence-corrected chi connectivity index (χ1v) is 13.3. The summed E-state index contributed by atoms with van der Waals surface area (Å²) in [6, 6.07) is 14.2. The molecule has 2 aromatic carbocycles. The zero-order valence-electron chi connectivity index (χ0n) is 22.7. The molecule has 2 N–H and O–H groups in total. The maximum Gasteiger partial charge on any atom is 0.253 e. The molecule has 1 heterocycles. The van der Waals surface area contributed by atoms with E-state index in [0.29, 0.717) is 37.4 Å². The molecule has 6 heteroatoms. The van der Waals surface area contributed by atoms with Crippen LogP contribution in [0.15, 0.2) is 42.5 Å². The number of nitrogens with one attached hydrogen (secondary N) is 2. The lowest BCUT2D eigenvalue weighted by Crippen LogP contribution is -2.33. The van der Waals surface area contributed by atoms with Crippen LogP contribution >= 0.6 is 0 Å². The summed E-state index contributed by atoms with van der Waals surface area (Å²) in [7, 11) is 0. The van der Waals surface area contributed by atoms with Gasteiger partial charge in [-0.1, -0.05) is 52.0 Å². The van der Waals surface area contributed by atoms with Crippen LogP contribution in [0.1, 0.15) is 75.4 Å². The molecule has 0 saturated carbocycles. The normalized spacial score (nSPS) is 14.2. The molecule has 36 heavy (non-hydrogen) atoms. The van der Waals surface area contributed by atoms with Crippen molar-refractivity contribution >= 4 is 23.2 Å². The maximum atomic E-state index is 13.3. The highest BCUT2D eigenvalue weighted by Crippen LogP contribution is 2.30. The molecule has 1 unspecified atom stereocenters. The van der Waals surface area contributed by atoms with E-state index in [9.17, 15) is 9.59 Å².